The van der Waals surface area contributed by atoms with E-state index in [9.17, 15) is 5.11 Å². The van der Waals surface area contributed by atoms with E-state index in [-0.39, 0.29) is 6.10 Å². The predicted octanol–water partition coefficient (Wildman–Crippen LogP) is 2.62. The number of aryl methyl sites for hydroxylation is 1. The summed E-state index contributed by atoms with van der Waals surface area (Å²) in [5.74, 6) is 1.47. The number of piperidine rings is 1. The van der Waals surface area contributed by atoms with Gasteiger partial charge in [0.25, 0.3) is 0 Å². The minimum absolute atomic E-state index is 0.175. The molecular formula is C18H25N3O. The molecule has 1 aromatic carbocycles. The molecule has 4 nitrogen and oxygen atoms in total. The van der Waals surface area contributed by atoms with Gasteiger partial charge in [0.05, 0.1) is 12.6 Å². The summed E-state index contributed by atoms with van der Waals surface area (Å²) < 4.78 is 0. The minimum Gasteiger partial charge on any atom is -0.393 e. The molecule has 2 aromatic rings. The van der Waals surface area contributed by atoms with Crippen LogP contribution in [0.15, 0.2) is 42.7 Å². The monoisotopic (exact) mass is 299 g/mol. The maximum Gasteiger partial charge on any atom is 0.120 e. The molecule has 0 radical (unpaired) electrons. The molecule has 0 aliphatic carbocycles. The Hall–Kier alpha value is -1.65. The van der Waals surface area contributed by atoms with Crippen molar-refractivity contribution in [2.45, 2.75) is 38.3 Å². The molecule has 1 atom stereocenters. The van der Waals surface area contributed by atoms with Crippen molar-refractivity contribution in [2.75, 3.05) is 13.1 Å². The van der Waals surface area contributed by atoms with E-state index in [0.29, 0.717) is 5.92 Å². The van der Waals surface area contributed by atoms with Crippen LogP contribution in [-0.2, 0) is 13.0 Å². The number of nitrogens with one attached hydrogen (secondary N) is 1. The first-order valence-corrected chi connectivity index (χ1v) is 8.24. The highest BCUT2D eigenvalue weighted by molar-refractivity contribution is 5.14. The minimum atomic E-state index is -0.175. The van der Waals surface area contributed by atoms with Gasteiger partial charge in [-0.25, -0.2) is 4.98 Å². The number of likely N-dealkylation sites (tertiary alicyclic amines) is 1. The zero-order chi connectivity index (χ0) is 15.2. The first kappa shape index (κ1) is 15.3. The summed E-state index contributed by atoms with van der Waals surface area (Å²) in [7, 11) is 0. The second-order valence-electron chi connectivity index (χ2n) is 6.24. The number of rotatable bonds is 6. The van der Waals surface area contributed by atoms with Gasteiger partial charge in [-0.05, 0) is 50.3 Å². The Bertz CT molecular complexity index is 533. The summed E-state index contributed by atoms with van der Waals surface area (Å²) in [6.07, 6.45) is 7.49. The van der Waals surface area contributed by atoms with Crippen molar-refractivity contribution in [1.29, 1.82) is 0 Å². The molecule has 1 saturated heterocycles. The van der Waals surface area contributed by atoms with E-state index in [4.69, 9.17) is 0 Å². The quantitative estimate of drug-likeness (QED) is 0.862. The lowest BCUT2D eigenvalue weighted by molar-refractivity contribution is 0.0513. The van der Waals surface area contributed by atoms with Crippen molar-refractivity contribution < 1.29 is 5.11 Å². The van der Waals surface area contributed by atoms with Gasteiger partial charge in [0, 0.05) is 12.4 Å². The fourth-order valence-electron chi connectivity index (χ4n) is 3.29. The molecule has 1 aromatic heterocycles. The topological polar surface area (TPSA) is 52.1 Å². The van der Waals surface area contributed by atoms with Crippen LogP contribution in [0.1, 0.15) is 30.7 Å². The van der Waals surface area contributed by atoms with Crippen molar-refractivity contribution in [3.8, 4) is 0 Å². The maximum atomic E-state index is 10.4. The van der Waals surface area contributed by atoms with E-state index in [1.54, 1.807) is 6.20 Å². The normalized spacial score (nSPS) is 18.4. The number of H-pyrrole nitrogens is 1. The Morgan fingerprint density at radius 1 is 1.23 bits per heavy atom. The summed E-state index contributed by atoms with van der Waals surface area (Å²) in [4.78, 5) is 9.85. The van der Waals surface area contributed by atoms with Gasteiger partial charge in [-0.2, -0.15) is 0 Å². The van der Waals surface area contributed by atoms with Crippen LogP contribution in [0.3, 0.4) is 0 Å². The second kappa shape index (κ2) is 7.56. The third kappa shape index (κ3) is 4.18. The van der Waals surface area contributed by atoms with Crippen molar-refractivity contribution in [3.63, 3.8) is 0 Å². The van der Waals surface area contributed by atoms with E-state index in [1.165, 1.54) is 5.56 Å². The van der Waals surface area contributed by atoms with Gasteiger partial charge in [0.15, 0.2) is 0 Å². The number of hydrogen-bond acceptors (Lipinski definition) is 3. The average molecular weight is 299 g/mol. The Balaban J connectivity index is 1.40. The summed E-state index contributed by atoms with van der Waals surface area (Å²) in [5.41, 5.74) is 1.32. The SMILES string of the molecule is O[C@H](CCc1ccccc1)C1CCN(Cc2ncc[nH]2)CC1. The largest absolute Gasteiger partial charge is 0.393 e. The Kier molecular flexibility index (Phi) is 5.24. The number of aromatic amines is 1. The zero-order valence-electron chi connectivity index (χ0n) is 13.0. The Labute approximate surface area is 132 Å². The van der Waals surface area contributed by atoms with Crippen LogP contribution in [-0.4, -0.2) is 39.2 Å². The molecule has 1 aliphatic rings. The smallest absolute Gasteiger partial charge is 0.120 e. The average Bonchev–Trinajstić information content (AvgIpc) is 3.07. The number of nitrogens with zero attached hydrogens (tertiary/aromatic N) is 2. The standard InChI is InChI=1S/C18H25N3O/c22-17(7-6-15-4-2-1-3-5-15)16-8-12-21(13-9-16)14-18-19-10-11-20-18/h1-5,10-11,16-17,22H,6-9,12-14H2,(H,19,20)/t17-/m1/s1. The van der Waals surface area contributed by atoms with Crippen LogP contribution in [0.2, 0.25) is 0 Å². The van der Waals surface area contributed by atoms with Crippen molar-refractivity contribution >= 4 is 0 Å². The fraction of sp³-hybridized carbons (Fsp3) is 0.500. The number of aliphatic hydroxyl groups excluding tert-OH is 1. The molecule has 1 aliphatic heterocycles. The maximum absolute atomic E-state index is 10.4. The van der Waals surface area contributed by atoms with Gasteiger partial charge >= 0.3 is 0 Å². The molecular weight excluding hydrogens is 274 g/mol. The van der Waals surface area contributed by atoms with Gasteiger partial charge in [-0.15, -0.1) is 0 Å². The third-order valence-corrected chi connectivity index (χ3v) is 4.68. The number of aromatic nitrogens is 2. The first-order chi connectivity index (χ1) is 10.8. The van der Waals surface area contributed by atoms with Crippen LogP contribution in [0.25, 0.3) is 0 Å². The molecule has 118 valence electrons. The van der Waals surface area contributed by atoms with Crippen LogP contribution in [0.4, 0.5) is 0 Å². The number of imidazole rings is 1. The van der Waals surface area contributed by atoms with Crippen molar-refractivity contribution in [1.82, 2.24) is 14.9 Å². The fourth-order valence-corrected chi connectivity index (χ4v) is 3.29. The van der Waals surface area contributed by atoms with Crippen molar-refractivity contribution in [2.24, 2.45) is 5.92 Å². The second-order valence-corrected chi connectivity index (χ2v) is 6.24. The molecule has 0 amide bonds. The van der Waals surface area contributed by atoms with E-state index in [0.717, 1.165) is 51.1 Å². The van der Waals surface area contributed by atoms with Crippen molar-refractivity contribution in [3.05, 3.63) is 54.1 Å². The van der Waals surface area contributed by atoms with E-state index in [1.807, 2.05) is 12.3 Å². The summed E-state index contributed by atoms with van der Waals surface area (Å²) in [5, 5.41) is 10.4. The lowest BCUT2D eigenvalue weighted by Gasteiger charge is -2.33. The zero-order valence-corrected chi connectivity index (χ0v) is 13.0. The number of benzene rings is 1. The summed E-state index contributed by atoms with van der Waals surface area (Å²) in [6.45, 7) is 2.99. The van der Waals surface area contributed by atoms with E-state index >= 15 is 0 Å². The Morgan fingerprint density at radius 3 is 2.68 bits per heavy atom. The summed E-state index contributed by atoms with van der Waals surface area (Å²) in [6, 6.07) is 10.4. The highest BCUT2D eigenvalue weighted by atomic mass is 16.3. The molecule has 22 heavy (non-hydrogen) atoms. The molecule has 2 N–H and O–H groups in total. The predicted molar refractivity (Wildman–Crippen MR) is 87.4 cm³/mol. The lowest BCUT2D eigenvalue weighted by Crippen LogP contribution is -2.37. The molecule has 0 unspecified atom stereocenters. The molecule has 0 bridgehead atoms. The van der Waals surface area contributed by atoms with Gasteiger partial charge in [-0.3, -0.25) is 4.90 Å². The van der Waals surface area contributed by atoms with Gasteiger partial charge in [-0.1, -0.05) is 30.3 Å². The van der Waals surface area contributed by atoms with Gasteiger partial charge in [0.1, 0.15) is 5.82 Å². The van der Waals surface area contributed by atoms with E-state index in [2.05, 4.69) is 39.1 Å². The highest BCUT2D eigenvalue weighted by Crippen LogP contribution is 2.24. The molecule has 2 heterocycles. The van der Waals surface area contributed by atoms with Crippen LogP contribution < -0.4 is 0 Å². The van der Waals surface area contributed by atoms with Crippen LogP contribution in [0, 0.1) is 5.92 Å². The number of hydrogen-bond donors (Lipinski definition) is 2. The molecule has 0 spiro atoms. The third-order valence-electron chi connectivity index (χ3n) is 4.68. The van der Waals surface area contributed by atoms with E-state index < -0.39 is 0 Å². The molecule has 0 saturated carbocycles. The lowest BCUT2D eigenvalue weighted by atomic mass is 9.88. The van der Waals surface area contributed by atoms with Crippen LogP contribution in [0.5, 0.6) is 0 Å². The highest BCUT2D eigenvalue weighted by Gasteiger charge is 2.25. The summed E-state index contributed by atoms with van der Waals surface area (Å²) >= 11 is 0. The van der Waals surface area contributed by atoms with Gasteiger partial charge < -0.3 is 10.1 Å². The Morgan fingerprint density at radius 2 is 2.00 bits per heavy atom. The molecule has 1 fully saturated rings. The molecule has 3 rings (SSSR count). The van der Waals surface area contributed by atoms with Gasteiger partial charge in [0.2, 0.25) is 0 Å². The van der Waals surface area contributed by atoms with Crippen LogP contribution >= 0.6 is 0 Å². The first-order valence-electron chi connectivity index (χ1n) is 8.24. The number of aliphatic hydroxyl groups is 1. The molecule has 4 heteroatoms.